The number of hydrogen-bond donors (Lipinski definition) is 0. The SMILES string of the molecule is CCOc1ccc(N2COC(c3cccc(OC)c3)=N2)cc1. The van der Waals surface area contributed by atoms with Gasteiger partial charge in [-0.25, -0.2) is 5.01 Å². The van der Waals surface area contributed by atoms with Crippen LogP contribution in [0.25, 0.3) is 0 Å². The summed E-state index contributed by atoms with van der Waals surface area (Å²) in [5, 5.41) is 6.32. The minimum atomic E-state index is 0.389. The second-order valence-electron chi connectivity index (χ2n) is 4.74. The number of hydrazone groups is 1. The number of ether oxygens (including phenoxy) is 3. The second kappa shape index (κ2) is 6.39. The van der Waals surface area contributed by atoms with Gasteiger partial charge in [-0.05, 0) is 49.4 Å². The fourth-order valence-electron chi connectivity index (χ4n) is 2.20. The molecule has 2 aromatic rings. The molecule has 1 aliphatic rings. The fraction of sp³-hybridized carbons (Fsp3) is 0.235. The van der Waals surface area contributed by atoms with Gasteiger partial charge in [0.15, 0.2) is 6.73 Å². The highest BCUT2D eigenvalue weighted by Gasteiger charge is 2.19. The Labute approximate surface area is 129 Å². The van der Waals surface area contributed by atoms with E-state index in [0.717, 1.165) is 22.7 Å². The van der Waals surface area contributed by atoms with Crippen LogP contribution in [0.1, 0.15) is 12.5 Å². The van der Waals surface area contributed by atoms with Gasteiger partial charge in [0.25, 0.3) is 0 Å². The average Bonchev–Trinajstić information content (AvgIpc) is 3.06. The van der Waals surface area contributed by atoms with E-state index < -0.39 is 0 Å². The van der Waals surface area contributed by atoms with Gasteiger partial charge in [0.1, 0.15) is 11.5 Å². The Morgan fingerprint density at radius 2 is 1.95 bits per heavy atom. The number of anilines is 1. The summed E-state index contributed by atoms with van der Waals surface area (Å²) in [6.07, 6.45) is 0. The summed E-state index contributed by atoms with van der Waals surface area (Å²) in [7, 11) is 1.64. The van der Waals surface area contributed by atoms with Gasteiger partial charge >= 0.3 is 0 Å². The topological polar surface area (TPSA) is 43.3 Å². The van der Waals surface area contributed by atoms with Crippen LogP contribution in [0, 0.1) is 0 Å². The van der Waals surface area contributed by atoms with Gasteiger partial charge in [0.05, 0.1) is 19.4 Å². The van der Waals surface area contributed by atoms with E-state index in [9.17, 15) is 0 Å². The molecule has 1 aliphatic heterocycles. The molecule has 0 radical (unpaired) electrons. The van der Waals surface area contributed by atoms with Gasteiger partial charge in [-0.1, -0.05) is 6.07 Å². The molecular weight excluding hydrogens is 280 g/mol. The first kappa shape index (κ1) is 14.3. The van der Waals surface area contributed by atoms with Gasteiger partial charge in [-0.15, -0.1) is 5.10 Å². The average molecular weight is 298 g/mol. The Kier molecular flexibility index (Phi) is 4.14. The molecule has 5 heteroatoms. The van der Waals surface area contributed by atoms with Crippen molar-refractivity contribution < 1.29 is 14.2 Å². The largest absolute Gasteiger partial charge is 0.497 e. The summed E-state index contributed by atoms with van der Waals surface area (Å²) in [5.74, 6) is 2.22. The van der Waals surface area contributed by atoms with Crippen LogP contribution in [0.2, 0.25) is 0 Å². The Bertz CT molecular complexity index is 668. The van der Waals surface area contributed by atoms with Crippen LogP contribution in [-0.2, 0) is 4.74 Å². The molecule has 0 atom stereocenters. The zero-order valence-corrected chi connectivity index (χ0v) is 12.7. The van der Waals surface area contributed by atoms with Crippen molar-refractivity contribution in [3.63, 3.8) is 0 Å². The lowest BCUT2D eigenvalue weighted by molar-refractivity contribution is 0.336. The molecule has 0 unspecified atom stereocenters. The van der Waals surface area contributed by atoms with E-state index >= 15 is 0 Å². The highest BCUT2D eigenvalue weighted by Crippen LogP contribution is 2.24. The minimum Gasteiger partial charge on any atom is -0.497 e. The van der Waals surface area contributed by atoms with E-state index in [1.807, 2.05) is 60.5 Å². The zero-order valence-electron chi connectivity index (χ0n) is 12.7. The Morgan fingerprint density at radius 3 is 2.68 bits per heavy atom. The molecule has 2 aromatic carbocycles. The van der Waals surface area contributed by atoms with Crippen molar-refractivity contribution in [1.82, 2.24) is 0 Å². The highest BCUT2D eigenvalue weighted by atomic mass is 16.5. The van der Waals surface area contributed by atoms with Crippen molar-refractivity contribution in [2.24, 2.45) is 5.10 Å². The summed E-state index contributed by atoms with van der Waals surface area (Å²) in [6.45, 7) is 3.01. The molecule has 0 fully saturated rings. The zero-order chi connectivity index (χ0) is 15.4. The number of rotatable bonds is 5. The van der Waals surface area contributed by atoms with Gasteiger partial charge in [0.2, 0.25) is 5.90 Å². The van der Waals surface area contributed by atoms with E-state index in [0.29, 0.717) is 19.2 Å². The molecule has 0 amide bonds. The quantitative estimate of drug-likeness (QED) is 0.850. The van der Waals surface area contributed by atoms with Crippen LogP contribution in [0.4, 0.5) is 5.69 Å². The summed E-state index contributed by atoms with van der Waals surface area (Å²) in [6, 6.07) is 15.4. The molecule has 0 spiro atoms. The molecule has 5 nitrogen and oxygen atoms in total. The van der Waals surface area contributed by atoms with E-state index in [4.69, 9.17) is 14.2 Å². The van der Waals surface area contributed by atoms with Gasteiger partial charge in [0, 0.05) is 5.56 Å². The van der Waals surface area contributed by atoms with Crippen molar-refractivity contribution in [1.29, 1.82) is 0 Å². The molecule has 0 saturated heterocycles. The Hall–Kier alpha value is -2.69. The third-order valence-corrected chi connectivity index (χ3v) is 3.30. The number of hydrogen-bond acceptors (Lipinski definition) is 5. The van der Waals surface area contributed by atoms with Gasteiger partial charge in [-0.2, -0.15) is 0 Å². The first-order valence-electron chi connectivity index (χ1n) is 7.16. The lowest BCUT2D eigenvalue weighted by Crippen LogP contribution is -2.12. The standard InChI is InChI=1S/C17H18N2O3/c1-3-21-15-9-7-14(8-10-15)19-12-22-17(18-19)13-5-4-6-16(11-13)20-2/h4-11H,3,12H2,1-2H3. The first-order valence-corrected chi connectivity index (χ1v) is 7.16. The maximum atomic E-state index is 5.67. The summed E-state index contributed by atoms with van der Waals surface area (Å²) in [4.78, 5) is 0. The van der Waals surface area contributed by atoms with E-state index in [2.05, 4.69) is 5.10 Å². The van der Waals surface area contributed by atoms with Crippen LogP contribution in [-0.4, -0.2) is 26.3 Å². The predicted molar refractivity (Wildman–Crippen MR) is 85.6 cm³/mol. The predicted octanol–water partition coefficient (Wildman–Crippen LogP) is 3.25. The number of benzene rings is 2. The van der Waals surface area contributed by atoms with Crippen LogP contribution < -0.4 is 14.5 Å². The minimum absolute atomic E-state index is 0.389. The lowest BCUT2D eigenvalue weighted by atomic mass is 10.2. The van der Waals surface area contributed by atoms with Crippen molar-refractivity contribution >= 4 is 11.6 Å². The van der Waals surface area contributed by atoms with Crippen molar-refractivity contribution in [2.75, 3.05) is 25.5 Å². The maximum absolute atomic E-state index is 5.67. The summed E-state index contributed by atoms with van der Waals surface area (Å²) in [5.41, 5.74) is 1.86. The number of methoxy groups -OCH3 is 1. The highest BCUT2D eigenvalue weighted by molar-refractivity contribution is 5.96. The molecule has 0 aromatic heterocycles. The molecule has 0 aliphatic carbocycles. The second-order valence-corrected chi connectivity index (χ2v) is 4.74. The summed E-state index contributed by atoms with van der Waals surface area (Å²) < 4.78 is 16.3. The third kappa shape index (κ3) is 2.98. The number of nitrogens with zero attached hydrogens (tertiary/aromatic N) is 2. The van der Waals surface area contributed by atoms with Crippen molar-refractivity contribution in [2.45, 2.75) is 6.92 Å². The molecule has 22 heavy (non-hydrogen) atoms. The molecule has 1 heterocycles. The lowest BCUT2D eigenvalue weighted by Gasteiger charge is -2.11. The maximum Gasteiger partial charge on any atom is 0.240 e. The molecular formula is C17H18N2O3. The molecule has 0 N–H and O–H groups in total. The fourth-order valence-corrected chi connectivity index (χ4v) is 2.20. The van der Waals surface area contributed by atoms with Crippen LogP contribution in [0.3, 0.4) is 0 Å². The normalized spacial score (nSPS) is 13.5. The van der Waals surface area contributed by atoms with Gasteiger partial charge in [-0.3, -0.25) is 0 Å². The van der Waals surface area contributed by atoms with Gasteiger partial charge < -0.3 is 14.2 Å². The monoisotopic (exact) mass is 298 g/mol. The third-order valence-electron chi connectivity index (χ3n) is 3.30. The Morgan fingerprint density at radius 1 is 1.14 bits per heavy atom. The van der Waals surface area contributed by atoms with E-state index in [-0.39, 0.29) is 0 Å². The van der Waals surface area contributed by atoms with Crippen molar-refractivity contribution in [3.05, 3.63) is 54.1 Å². The molecule has 0 bridgehead atoms. The van der Waals surface area contributed by atoms with Crippen LogP contribution >= 0.6 is 0 Å². The first-order chi connectivity index (χ1) is 10.8. The molecule has 0 saturated carbocycles. The summed E-state index contributed by atoms with van der Waals surface area (Å²) >= 11 is 0. The van der Waals surface area contributed by atoms with Crippen LogP contribution in [0.5, 0.6) is 11.5 Å². The van der Waals surface area contributed by atoms with Crippen molar-refractivity contribution in [3.8, 4) is 11.5 Å². The molecule has 3 rings (SSSR count). The van der Waals surface area contributed by atoms with E-state index in [1.54, 1.807) is 7.11 Å². The van der Waals surface area contributed by atoms with Crippen LogP contribution in [0.15, 0.2) is 53.6 Å². The smallest absolute Gasteiger partial charge is 0.240 e. The Balaban J connectivity index is 1.78. The van der Waals surface area contributed by atoms with E-state index in [1.165, 1.54) is 0 Å². The molecule has 114 valence electrons.